The summed E-state index contributed by atoms with van der Waals surface area (Å²) in [4.78, 5) is 14.8. The lowest BCUT2D eigenvalue weighted by Gasteiger charge is -2.38. The van der Waals surface area contributed by atoms with E-state index in [2.05, 4.69) is 12.1 Å². The van der Waals surface area contributed by atoms with E-state index < -0.39 is 0 Å². The van der Waals surface area contributed by atoms with Gasteiger partial charge in [0.15, 0.2) is 0 Å². The number of hydrogen-bond donors (Lipinski definition) is 1. The minimum absolute atomic E-state index is 0.0369. The highest BCUT2D eigenvalue weighted by Crippen LogP contribution is 2.45. The average Bonchev–Trinajstić information content (AvgIpc) is 3.09. The van der Waals surface area contributed by atoms with Crippen LogP contribution >= 0.6 is 23.5 Å². The zero-order valence-corrected chi connectivity index (χ0v) is 14.7. The maximum absolute atomic E-state index is 12.8. The third-order valence-electron chi connectivity index (χ3n) is 4.47. The first kappa shape index (κ1) is 16.2. The highest BCUT2D eigenvalue weighted by Gasteiger charge is 2.30. The van der Waals surface area contributed by atoms with Crippen molar-refractivity contribution >= 4 is 29.4 Å². The lowest BCUT2D eigenvalue weighted by atomic mass is 9.96. The van der Waals surface area contributed by atoms with Crippen molar-refractivity contribution in [3.63, 3.8) is 0 Å². The minimum Gasteiger partial charge on any atom is -0.334 e. The summed E-state index contributed by atoms with van der Waals surface area (Å²) < 4.78 is 0.538. The minimum atomic E-state index is 0.0369. The van der Waals surface area contributed by atoms with Gasteiger partial charge in [0.25, 0.3) is 5.91 Å². The molecule has 2 heterocycles. The maximum Gasteiger partial charge on any atom is 0.254 e. The van der Waals surface area contributed by atoms with E-state index in [-0.39, 0.29) is 18.0 Å². The molecule has 2 atom stereocenters. The van der Waals surface area contributed by atoms with Crippen LogP contribution in [0.4, 0.5) is 0 Å². The van der Waals surface area contributed by atoms with Gasteiger partial charge >= 0.3 is 0 Å². The molecule has 2 saturated heterocycles. The molecule has 3 rings (SSSR count). The lowest BCUT2D eigenvalue weighted by Crippen LogP contribution is -2.51. The molecule has 120 valence electrons. The molecule has 2 aliphatic rings. The Kier molecular flexibility index (Phi) is 5.37. The first-order chi connectivity index (χ1) is 10.7. The van der Waals surface area contributed by atoms with Crippen molar-refractivity contribution in [2.75, 3.05) is 18.1 Å². The summed E-state index contributed by atoms with van der Waals surface area (Å²) in [7, 11) is 0. The number of thioether (sulfide) groups is 2. The number of amides is 1. The van der Waals surface area contributed by atoms with Crippen molar-refractivity contribution in [1.29, 1.82) is 0 Å². The summed E-state index contributed by atoms with van der Waals surface area (Å²) in [5.74, 6) is 2.58. The van der Waals surface area contributed by atoms with Crippen LogP contribution in [0.2, 0.25) is 0 Å². The Hall–Kier alpha value is -0.650. The van der Waals surface area contributed by atoms with Gasteiger partial charge < -0.3 is 10.6 Å². The fourth-order valence-electron chi connectivity index (χ4n) is 3.26. The van der Waals surface area contributed by atoms with Gasteiger partial charge in [-0.3, -0.25) is 4.79 Å². The SMILES string of the molecule is CC(N)C1CCCCN1C(=O)c1ccc(C2SCCS2)cc1. The number of carbonyl (C=O) groups excluding carboxylic acids is 1. The fraction of sp³-hybridized carbons (Fsp3) is 0.588. The number of hydrogen-bond acceptors (Lipinski definition) is 4. The number of benzene rings is 1. The second-order valence-corrected chi connectivity index (χ2v) is 8.84. The second-order valence-electron chi connectivity index (χ2n) is 6.12. The molecule has 0 aliphatic carbocycles. The summed E-state index contributed by atoms with van der Waals surface area (Å²) in [5, 5.41) is 0. The maximum atomic E-state index is 12.8. The standard InChI is InChI=1S/C17H24N2OS2/c1-12(18)15-4-2-3-9-19(15)16(20)13-5-7-14(8-6-13)17-21-10-11-22-17/h5-8,12,15,17H,2-4,9-11,18H2,1H3. The molecule has 0 aromatic heterocycles. The van der Waals surface area contributed by atoms with E-state index in [1.54, 1.807) is 0 Å². The smallest absolute Gasteiger partial charge is 0.254 e. The van der Waals surface area contributed by atoms with Gasteiger partial charge in [-0.1, -0.05) is 12.1 Å². The molecule has 5 heteroatoms. The van der Waals surface area contributed by atoms with Crippen molar-refractivity contribution in [2.45, 2.75) is 42.9 Å². The molecule has 0 bridgehead atoms. The molecule has 2 N–H and O–H groups in total. The van der Waals surface area contributed by atoms with Crippen LogP contribution in [-0.2, 0) is 0 Å². The molecule has 22 heavy (non-hydrogen) atoms. The first-order valence-electron chi connectivity index (χ1n) is 8.06. The van der Waals surface area contributed by atoms with Gasteiger partial charge in [0.2, 0.25) is 0 Å². The third kappa shape index (κ3) is 3.47. The Bertz CT molecular complexity index is 512. The van der Waals surface area contributed by atoms with Gasteiger partial charge in [0.1, 0.15) is 0 Å². The predicted octanol–water partition coefficient (Wildman–Crippen LogP) is 3.51. The van der Waals surface area contributed by atoms with E-state index >= 15 is 0 Å². The molecule has 2 fully saturated rings. The van der Waals surface area contributed by atoms with Gasteiger partial charge in [-0.2, -0.15) is 0 Å². The van der Waals surface area contributed by atoms with Crippen LogP contribution in [0.25, 0.3) is 0 Å². The van der Waals surface area contributed by atoms with E-state index in [9.17, 15) is 4.79 Å². The Morgan fingerprint density at radius 3 is 2.55 bits per heavy atom. The molecule has 0 radical (unpaired) electrons. The van der Waals surface area contributed by atoms with E-state index in [1.807, 2.05) is 47.5 Å². The number of nitrogens with zero attached hydrogens (tertiary/aromatic N) is 1. The van der Waals surface area contributed by atoms with Crippen LogP contribution in [-0.4, -0.2) is 40.9 Å². The lowest BCUT2D eigenvalue weighted by molar-refractivity contribution is 0.0584. The van der Waals surface area contributed by atoms with Crippen molar-refractivity contribution in [1.82, 2.24) is 4.90 Å². The Labute approximate surface area is 141 Å². The van der Waals surface area contributed by atoms with Gasteiger partial charge in [0, 0.05) is 35.7 Å². The molecule has 2 aliphatic heterocycles. The Balaban J connectivity index is 1.73. The number of nitrogens with two attached hydrogens (primary N) is 1. The first-order valence-corrected chi connectivity index (χ1v) is 10.2. The number of likely N-dealkylation sites (tertiary alicyclic amines) is 1. The average molecular weight is 337 g/mol. The topological polar surface area (TPSA) is 46.3 Å². The monoisotopic (exact) mass is 336 g/mol. The van der Waals surface area contributed by atoms with Crippen LogP contribution in [0.5, 0.6) is 0 Å². The Morgan fingerprint density at radius 1 is 1.23 bits per heavy atom. The van der Waals surface area contributed by atoms with Crippen molar-refractivity contribution < 1.29 is 4.79 Å². The summed E-state index contributed by atoms with van der Waals surface area (Å²) in [6.07, 6.45) is 3.28. The molecule has 0 spiro atoms. The van der Waals surface area contributed by atoms with E-state index in [1.165, 1.54) is 23.5 Å². The van der Waals surface area contributed by atoms with Crippen LogP contribution in [0.1, 0.15) is 46.7 Å². The molecule has 0 saturated carbocycles. The molecular formula is C17H24N2OS2. The summed E-state index contributed by atoms with van der Waals surface area (Å²) in [5.41, 5.74) is 8.20. The molecule has 1 aromatic rings. The van der Waals surface area contributed by atoms with Crippen LogP contribution in [0.15, 0.2) is 24.3 Å². The van der Waals surface area contributed by atoms with Crippen molar-refractivity contribution in [3.05, 3.63) is 35.4 Å². The van der Waals surface area contributed by atoms with Gasteiger partial charge in [-0.15, -0.1) is 23.5 Å². The van der Waals surface area contributed by atoms with Crippen LogP contribution in [0, 0.1) is 0 Å². The van der Waals surface area contributed by atoms with E-state index in [0.29, 0.717) is 4.58 Å². The largest absolute Gasteiger partial charge is 0.334 e. The van der Waals surface area contributed by atoms with E-state index in [0.717, 1.165) is 24.9 Å². The third-order valence-corrected chi connectivity index (χ3v) is 7.57. The van der Waals surface area contributed by atoms with Crippen LogP contribution < -0.4 is 5.73 Å². The summed E-state index contributed by atoms with van der Waals surface area (Å²) in [6.45, 7) is 2.84. The number of carbonyl (C=O) groups is 1. The highest BCUT2D eigenvalue weighted by molar-refractivity contribution is 8.19. The number of rotatable bonds is 3. The fourth-order valence-corrected chi connectivity index (χ4v) is 6.12. The quantitative estimate of drug-likeness (QED) is 0.917. The number of piperidine rings is 1. The Morgan fingerprint density at radius 2 is 1.91 bits per heavy atom. The summed E-state index contributed by atoms with van der Waals surface area (Å²) >= 11 is 3.99. The predicted molar refractivity (Wildman–Crippen MR) is 96.4 cm³/mol. The van der Waals surface area contributed by atoms with Crippen LogP contribution in [0.3, 0.4) is 0 Å². The highest BCUT2D eigenvalue weighted by atomic mass is 32.2. The molecule has 3 nitrogen and oxygen atoms in total. The van der Waals surface area contributed by atoms with Gasteiger partial charge in [0.05, 0.1) is 4.58 Å². The van der Waals surface area contributed by atoms with Gasteiger partial charge in [-0.25, -0.2) is 0 Å². The molecule has 1 aromatic carbocycles. The van der Waals surface area contributed by atoms with E-state index in [4.69, 9.17) is 5.73 Å². The van der Waals surface area contributed by atoms with Crippen molar-refractivity contribution in [3.8, 4) is 0 Å². The molecular weight excluding hydrogens is 312 g/mol. The normalized spacial score (nSPS) is 24.5. The molecule has 1 amide bonds. The van der Waals surface area contributed by atoms with Gasteiger partial charge in [-0.05, 0) is 43.9 Å². The zero-order chi connectivity index (χ0) is 15.5. The zero-order valence-electron chi connectivity index (χ0n) is 13.0. The van der Waals surface area contributed by atoms with Crippen molar-refractivity contribution in [2.24, 2.45) is 5.73 Å². The summed E-state index contributed by atoms with van der Waals surface area (Å²) in [6, 6.07) is 8.44. The molecule has 2 unspecified atom stereocenters. The second kappa shape index (κ2) is 7.28.